The molecule has 2 N–H and O–H groups in total. The Morgan fingerprint density at radius 3 is 2.83 bits per heavy atom. The van der Waals surface area contributed by atoms with Gasteiger partial charge in [0.2, 0.25) is 0 Å². The Bertz CT molecular complexity index is 607. The van der Waals surface area contributed by atoms with E-state index in [4.69, 9.17) is 15.7 Å². The number of hydrogen-bond acceptors (Lipinski definition) is 4. The van der Waals surface area contributed by atoms with Crippen molar-refractivity contribution in [3.05, 3.63) is 53.5 Å². The van der Waals surface area contributed by atoms with Gasteiger partial charge in [0.1, 0.15) is 12.4 Å². The Morgan fingerprint density at radius 1 is 1.33 bits per heavy atom. The highest BCUT2D eigenvalue weighted by Gasteiger charge is 2.05. The van der Waals surface area contributed by atoms with Crippen LogP contribution >= 0.6 is 0 Å². The molecule has 0 aliphatic heterocycles. The lowest BCUT2D eigenvalue weighted by Crippen LogP contribution is -1.99. The van der Waals surface area contributed by atoms with Crippen LogP contribution in [0.3, 0.4) is 0 Å². The van der Waals surface area contributed by atoms with Crippen molar-refractivity contribution in [1.82, 2.24) is 4.98 Å². The highest BCUT2D eigenvalue weighted by Crippen LogP contribution is 2.19. The third-order valence-electron chi connectivity index (χ3n) is 2.30. The van der Waals surface area contributed by atoms with E-state index in [1.165, 1.54) is 12.1 Å². The number of rotatable bonds is 3. The summed E-state index contributed by atoms with van der Waals surface area (Å²) >= 11 is 0. The molecule has 1 aromatic carbocycles. The first-order valence-electron chi connectivity index (χ1n) is 5.22. The van der Waals surface area contributed by atoms with Gasteiger partial charge in [-0.2, -0.15) is 5.26 Å². The summed E-state index contributed by atoms with van der Waals surface area (Å²) in [5.41, 5.74) is 6.57. The van der Waals surface area contributed by atoms with Crippen LogP contribution in [-0.4, -0.2) is 4.98 Å². The summed E-state index contributed by atoms with van der Waals surface area (Å²) in [5, 5.41) is 8.61. The Hall–Kier alpha value is -2.61. The number of aromatic nitrogens is 1. The van der Waals surface area contributed by atoms with E-state index in [2.05, 4.69) is 4.98 Å². The number of nitriles is 1. The summed E-state index contributed by atoms with van der Waals surface area (Å²) in [5.74, 6) is -0.0723. The molecule has 2 rings (SSSR count). The Labute approximate surface area is 103 Å². The standard InChI is InChI=1S/C13H10FN3O/c14-11-5-9(7-15)1-2-12(11)18-8-10-3-4-17-13(16)6-10/h1-6H,8H2,(H2,16,17). The van der Waals surface area contributed by atoms with Gasteiger partial charge >= 0.3 is 0 Å². The number of benzene rings is 1. The van der Waals surface area contributed by atoms with E-state index in [0.29, 0.717) is 5.82 Å². The SMILES string of the molecule is N#Cc1ccc(OCc2ccnc(N)c2)c(F)c1. The molecular formula is C13H10FN3O. The first kappa shape index (κ1) is 11.9. The van der Waals surface area contributed by atoms with Gasteiger partial charge in [0.05, 0.1) is 11.6 Å². The van der Waals surface area contributed by atoms with E-state index in [-0.39, 0.29) is 17.9 Å². The Balaban J connectivity index is 2.09. The molecule has 2 aromatic rings. The molecule has 0 spiro atoms. The normalized spacial score (nSPS) is 9.78. The largest absolute Gasteiger partial charge is 0.486 e. The van der Waals surface area contributed by atoms with Crippen LogP contribution in [0.2, 0.25) is 0 Å². The van der Waals surface area contributed by atoms with Gasteiger partial charge < -0.3 is 10.5 Å². The fourth-order valence-corrected chi connectivity index (χ4v) is 1.43. The van der Waals surface area contributed by atoms with Crippen molar-refractivity contribution < 1.29 is 9.13 Å². The maximum atomic E-state index is 13.5. The van der Waals surface area contributed by atoms with E-state index < -0.39 is 5.82 Å². The summed E-state index contributed by atoms with van der Waals surface area (Å²) in [7, 11) is 0. The predicted octanol–water partition coefficient (Wildman–Crippen LogP) is 2.25. The molecule has 0 aliphatic rings. The van der Waals surface area contributed by atoms with Crippen LogP contribution < -0.4 is 10.5 Å². The van der Waals surface area contributed by atoms with Crippen LogP contribution in [0.25, 0.3) is 0 Å². The molecule has 0 radical (unpaired) electrons. The van der Waals surface area contributed by atoms with E-state index >= 15 is 0 Å². The summed E-state index contributed by atoms with van der Waals surface area (Å²) in [4.78, 5) is 3.85. The van der Waals surface area contributed by atoms with Crippen molar-refractivity contribution in [1.29, 1.82) is 5.26 Å². The number of halogens is 1. The number of nitrogens with zero attached hydrogens (tertiary/aromatic N) is 2. The fourth-order valence-electron chi connectivity index (χ4n) is 1.43. The molecule has 4 nitrogen and oxygen atoms in total. The molecule has 0 fully saturated rings. The van der Waals surface area contributed by atoms with Gasteiger partial charge in [-0.3, -0.25) is 0 Å². The van der Waals surface area contributed by atoms with E-state index in [1.807, 2.05) is 6.07 Å². The zero-order valence-corrected chi connectivity index (χ0v) is 9.43. The number of pyridine rings is 1. The Kier molecular flexibility index (Phi) is 3.39. The number of anilines is 1. The lowest BCUT2D eigenvalue weighted by Gasteiger charge is -2.07. The lowest BCUT2D eigenvalue weighted by atomic mass is 10.2. The minimum absolute atomic E-state index is 0.101. The molecule has 5 heteroatoms. The van der Waals surface area contributed by atoms with Crippen molar-refractivity contribution >= 4 is 5.82 Å². The zero-order valence-electron chi connectivity index (χ0n) is 9.43. The molecule has 0 saturated carbocycles. The molecule has 0 bridgehead atoms. The Morgan fingerprint density at radius 2 is 2.17 bits per heavy atom. The average molecular weight is 243 g/mol. The third kappa shape index (κ3) is 2.74. The minimum atomic E-state index is -0.559. The quantitative estimate of drug-likeness (QED) is 0.897. The molecule has 90 valence electrons. The van der Waals surface area contributed by atoms with Crippen molar-refractivity contribution in [2.75, 3.05) is 5.73 Å². The maximum Gasteiger partial charge on any atom is 0.166 e. The minimum Gasteiger partial charge on any atom is -0.486 e. The summed E-state index contributed by atoms with van der Waals surface area (Å²) in [6.45, 7) is 0.190. The van der Waals surface area contributed by atoms with Crippen LogP contribution in [0.4, 0.5) is 10.2 Å². The highest BCUT2D eigenvalue weighted by molar-refractivity contribution is 5.36. The molecule has 1 heterocycles. The summed E-state index contributed by atoms with van der Waals surface area (Å²) in [6.07, 6.45) is 1.56. The molecule has 18 heavy (non-hydrogen) atoms. The summed E-state index contributed by atoms with van der Waals surface area (Å²) in [6, 6.07) is 9.31. The van der Waals surface area contributed by atoms with Crippen molar-refractivity contribution in [2.45, 2.75) is 6.61 Å². The van der Waals surface area contributed by atoms with Crippen LogP contribution in [0, 0.1) is 17.1 Å². The highest BCUT2D eigenvalue weighted by atomic mass is 19.1. The summed E-state index contributed by atoms with van der Waals surface area (Å²) < 4.78 is 18.8. The smallest absolute Gasteiger partial charge is 0.166 e. The van der Waals surface area contributed by atoms with Gasteiger partial charge in [-0.05, 0) is 35.9 Å². The predicted molar refractivity (Wildman–Crippen MR) is 64.1 cm³/mol. The van der Waals surface area contributed by atoms with Crippen molar-refractivity contribution in [3.63, 3.8) is 0 Å². The van der Waals surface area contributed by atoms with Gasteiger partial charge in [-0.25, -0.2) is 9.37 Å². The average Bonchev–Trinajstić information content (AvgIpc) is 2.37. The third-order valence-corrected chi connectivity index (χ3v) is 2.30. The van der Waals surface area contributed by atoms with Gasteiger partial charge in [0.25, 0.3) is 0 Å². The molecule has 1 aromatic heterocycles. The number of nitrogen functional groups attached to an aromatic ring is 1. The first-order valence-corrected chi connectivity index (χ1v) is 5.22. The van der Waals surface area contributed by atoms with E-state index in [9.17, 15) is 4.39 Å². The molecule has 0 aliphatic carbocycles. The van der Waals surface area contributed by atoms with Gasteiger partial charge in [-0.1, -0.05) is 0 Å². The van der Waals surface area contributed by atoms with Crippen LogP contribution in [0.15, 0.2) is 36.5 Å². The van der Waals surface area contributed by atoms with Gasteiger partial charge in [0.15, 0.2) is 11.6 Å². The van der Waals surface area contributed by atoms with Crippen molar-refractivity contribution in [2.24, 2.45) is 0 Å². The van der Waals surface area contributed by atoms with Crippen molar-refractivity contribution in [3.8, 4) is 11.8 Å². The molecule has 0 atom stereocenters. The molecule has 0 amide bonds. The number of nitrogens with two attached hydrogens (primary N) is 1. The number of ether oxygens (including phenoxy) is 1. The lowest BCUT2D eigenvalue weighted by molar-refractivity contribution is 0.290. The van der Waals surface area contributed by atoms with Crippen LogP contribution in [0.1, 0.15) is 11.1 Å². The second kappa shape index (κ2) is 5.15. The first-order chi connectivity index (χ1) is 8.69. The maximum absolute atomic E-state index is 13.5. The number of hydrogen-bond donors (Lipinski definition) is 1. The molecule has 0 unspecified atom stereocenters. The van der Waals surface area contributed by atoms with Gasteiger partial charge in [0, 0.05) is 6.20 Å². The zero-order chi connectivity index (χ0) is 13.0. The molecular weight excluding hydrogens is 233 g/mol. The second-order valence-corrected chi connectivity index (χ2v) is 3.63. The van der Waals surface area contributed by atoms with Crippen LogP contribution in [0.5, 0.6) is 5.75 Å². The van der Waals surface area contributed by atoms with E-state index in [1.54, 1.807) is 18.3 Å². The topological polar surface area (TPSA) is 71.9 Å². The monoisotopic (exact) mass is 243 g/mol. The van der Waals surface area contributed by atoms with Crippen LogP contribution in [-0.2, 0) is 6.61 Å². The van der Waals surface area contributed by atoms with Gasteiger partial charge in [-0.15, -0.1) is 0 Å². The van der Waals surface area contributed by atoms with E-state index in [0.717, 1.165) is 11.6 Å². The second-order valence-electron chi connectivity index (χ2n) is 3.63. The fraction of sp³-hybridized carbons (Fsp3) is 0.0769. The molecule has 0 saturated heterocycles.